The summed E-state index contributed by atoms with van der Waals surface area (Å²) in [6, 6.07) is 0. The van der Waals surface area contributed by atoms with Crippen molar-refractivity contribution < 1.29 is 0 Å². The van der Waals surface area contributed by atoms with Gasteiger partial charge in [-0.25, -0.2) is 0 Å². The van der Waals surface area contributed by atoms with Gasteiger partial charge in [0.15, 0.2) is 0 Å². The van der Waals surface area contributed by atoms with Gasteiger partial charge in [-0.15, -0.1) is 0 Å². The number of hydrogen-bond donors (Lipinski definition) is 0. The predicted molar refractivity (Wildman–Crippen MR) is 52.5 cm³/mol. The van der Waals surface area contributed by atoms with Crippen LogP contribution in [-0.2, 0) is 0 Å². The van der Waals surface area contributed by atoms with Gasteiger partial charge in [-0.3, -0.25) is 0 Å². The molecule has 0 bridgehead atoms. The fourth-order valence-corrected chi connectivity index (χ4v) is 0.948. The van der Waals surface area contributed by atoms with E-state index in [-0.39, 0.29) is 0 Å². The molecule has 0 heteroatoms. The van der Waals surface area contributed by atoms with Crippen LogP contribution >= 0.6 is 0 Å². The van der Waals surface area contributed by atoms with Crippen LogP contribution in [0.15, 0.2) is 36.5 Å². The van der Waals surface area contributed by atoms with E-state index < -0.39 is 0 Å². The number of allylic oxidation sites excluding steroid dienone is 5. The first-order valence-electron chi connectivity index (χ1n) is 4.21. The molecule has 0 spiro atoms. The minimum Gasteiger partial charge on any atom is -0.0991 e. The summed E-state index contributed by atoms with van der Waals surface area (Å²) in [6.07, 6.45) is 9.33. The molecule has 0 heterocycles. The van der Waals surface area contributed by atoms with Crippen molar-refractivity contribution in [1.82, 2.24) is 0 Å². The van der Waals surface area contributed by atoms with Gasteiger partial charge in [-0.2, -0.15) is 0 Å². The molecular weight excluding hydrogens is 132 g/mol. The van der Waals surface area contributed by atoms with Crippen molar-refractivity contribution in [3.8, 4) is 0 Å². The van der Waals surface area contributed by atoms with Gasteiger partial charge in [0.1, 0.15) is 0 Å². The maximum absolute atomic E-state index is 3.69. The van der Waals surface area contributed by atoms with Crippen molar-refractivity contribution >= 4 is 0 Å². The minimum atomic E-state index is 0.643. The molecule has 0 saturated heterocycles. The lowest BCUT2D eigenvalue weighted by atomic mass is 9.98. The highest BCUT2D eigenvalue weighted by molar-refractivity contribution is 5.24. The molecule has 0 rings (SSSR count). The maximum atomic E-state index is 3.69. The third-order valence-electron chi connectivity index (χ3n) is 1.85. The molecule has 0 fully saturated rings. The van der Waals surface area contributed by atoms with Gasteiger partial charge in [0.25, 0.3) is 0 Å². The molecule has 1 atom stereocenters. The van der Waals surface area contributed by atoms with Gasteiger partial charge >= 0.3 is 0 Å². The molecule has 0 saturated carbocycles. The van der Waals surface area contributed by atoms with E-state index in [0.29, 0.717) is 5.92 Å². The van der Waals surface area contributed by atoms with Crippen molar-refractivity contribution in [2.24, 2.45) is 5.92 Å². The van der Waals surface area contributed by atoms with Crippen LogP contribution in [0.3, 0.4) is 0 Å². The largest absolute Gasteiger partial charge is 0.0991 e. The van der Waals surface area contributed by atoms with Crippen LogP contribution < -0.4 is 0 Å². The number of hydrogen-bond acceptors (Lipinski definition) is 0. The number of rotatable bonds is 4. The van der Waals surface area contributed by atoms with E-state index in [1.807, 2.05) is 13.0 Å². The van der Waals surface area contributed by atoms with Crippen molar-refractivity contribution in [3.63, 3.8) is 0 Å². The molecule has 0 aromatic heterocycles. The quantitative estimate of drug-likeness (QED) is 0.536. The van der Waals surface area contributed by atoms with E-state index in [9.17, 15) is 0 Å². The molecule has 0 amide bonds. The maximum Gasteiger partial charge on any atom is -0.0193 e. The van der Waals surface area contributed by atoms with Crippen molar-refractivity contribution in [1.29, 1.82) is 0 Å². The molecule has 62 valence electrons. The average Bonchev–Trinajstić information content (AvgIpc) is 2.03. The molecular formula is C11H18. The molecule has 0 nitrogen and oxygen atoms in total. The summed E-state index contributed by atoms with van der Waals surface area (Å²) in [6.45, 7) is 10.2. The van der Waals surface area contributed by atoms with E-state index in [1.54, 1.807) is 0 Å². The predicted octanol–water partition coefficient (Wildman–Crippen LogP) is 3.72. The smallest absolute Gasteiger partial charge is 0.0193 e. The van der Waals surface area contributed by atoms with Crippen LogP contribution in [0.25, 0.3) is 0 Å². The highest BCUT2D eigenvalue weighted by atomic mass is 14.1. The van der Waals surface area contributed by atoms with Crippen molar-refractivity contribution in [2.45, 2.75) is 27.2 Å². The van der Waals surface area contributed by atoms with Crippen molar-refractivity contribution in [3.05, 3.63) is 36.5 Å². The van der Waals surface area contributed by atoms with Gasteiger partial charge in [-0.1, -0.05) is 44.7 Å². The lowest BCUT2D eigenvalue weighted by molar-refractivity contribution is 0.670. The molecule has 0 aliphatic heterocycles. The summed E-state index contributed by atoms with van der Waals surface area (Å²) in [7, 11) is 0. The summed E-state index contributed by atoms with van der Waals surface area (Å²) in [4.78, 5) is 0. The lowest BCUT2D eigenvalue weighted by Gasteiger charge is -2.08. The SMILES string of the molecule is C=C/C=C(\C=C/C)C(C)CC. The minimum absolute atomic E-state index is 0.643. The Kier molecular flexibility index (Phi) is 5.54. The molecule has 0 radical (unpaired) electrons. The fourth-order valence-electron chi connectivity index (χ4n) is 0.948. The summed E-state index contributed by atoms with van der Waals surface area (Å²) in [5.74, 6) is 0.643. The Labute approximate surface area is 70.3 Å². The highest BCUT2D eigenvalue weighted by Gasteiger charge is 2.00. The van der Waals surface area contributed by atoms with E-state index in [2.05, 4.69) is 38.7 Å². The van der Waals surface area contributed by atoms with Gasteiger partial charge in [-0.05, 0) is 24.8 Å². The van der Waals surface area contributed by atoms with E-state index in [4.69, 9.17) is 0 Å². The average molecular weight is 150 g/mol. The zero-order valence-corrected chi connectivity index (χ0v) is 7.80. The van der Waals surface area contributed by atoms with Crippen LogP contribution in [-0.4, -0.2) is 0 Å². The first kappa shape index (κ1) is 10.2. The summed E-state index contributed by atoms with van der Waals surface area (Å²) >= 11 is 0. The van der Waals surface area contributed by atoms with Crippen molar-refractivity contribution in [2.75, 3.05) is 0 Å². The Hall–Kier alpha value is -0.780. The Balaban J connectivity index is 4.32. The normalized spacial score (nSPS) is 15.4. The summed E-state index contributed by atoms with van der Waals surface area (Å²) in [5.41, 5.74) is 1.37. The van der Waals surface area contributed by atoms with Gasteiger partial charge < -0.3 is 0 Å². The van der Waals surface area contributed by atoms with Gasteiger partial charge in [0.2, 0.25) is 0 Å². The molecule has 11 heavy (non-hydrogen) atoms. The second-order valence-corrected chi connectivity index (χ2v) is 2.71. The van der Waals surface area contributed by atoms with Gasteiger partial charge in [0, 0.05) is 0 Å². The first-order chi connectivity index (χ1) is 5.26. The molecule has 0 N–H and O–H groups in total. The van der Waals surface area contributed by atoms with E-state index in [1.165, 1.54) is 12.0 Å². The van der Waals surface area contributed by atoms with E-state index >= 15 is 0 Å². The van der Waals surface area contributed by atoms with Crippen LogP contribution in [0, 0.1) is 5.92 Å². The lowest BCUT2D eigenvalue weighted by Crippen LogP contribution is -1.93. The Bertz CT molecular complexity index is 161. The van der Waals surface area contributed by atoms with Gasteiger partial charge in [0.05, 0.1) is 0 Å². The zero-order chi connectivity index (χ0) is 8.69. The monoisotopic (exact) mass is 150 g/mol. The third-order valence-corrected chi connectivity index (χ3v) is 1.85. The standard InChI is InChI=1S/C11H18/c1-5-8-11(9-6-2)10(4)7-3/h5-6,8-10H,1,7H2,2-4H3/b9-6-,11-8+. The Morgan fingerprint density at radius 3 is 2.55 bits per heavy atom. The molecule has 0 aliphatic carbocycles. The van der Waals surface area contributed by atoms with Crippen LogP contribution in [0.2, 0.25) is 0 Å². The second kappa shape index (κ2) is 5.96. The highest BCUT2D eigenvalue weighted by Crippen LogP contribution is 2.15. The second-order valence-electron chi connectivity index (χ2n) is 2.71. The van der Waals surface area contributed by atoms with Crippen LogP contribution in [0.1, 0.15) is 27.2 Å². The van der Waals surface area contributed by atoms with Crippen LogP contribution in [0.5, 0.6) is 0 Å². The molecule has 0 aromatic rings. The molecule has 0 aliphatic rings. The Morgan fingerprint density at radius 1 is 1.55 bits per heavy atom. The molecule has 1 unspecified atom stereocenters. The molecule has 0 aromatic carbocycles. The topological polar surface area (TPSA) is 0 Å². The Morgan fingerprint density at radius 2 is 2.18 bits per heavy atom. The summed E-state index contributed by atoms with van der Waals surface area (Å²) < 4.78 is 0. The third kappa shape index (κ3) is 3.82. The zero-order valence-electron chi connectivity index (χ0n) is 7.80. The fraction of sp³-hybridized carbons (Fsp3) is 0.455. The summed E-state index contributed by atoms with van der Waals surface area (Å²) in [5, 5.41) is 0. The van der Waals surface area contributed by atoms with Crippen LogP contribution in [0.4, 0.5) is 0 Å². The van der Waals surface area contributed by atoms with E-state index in [0.717, 1.165) is 0 Å². The first-order valence-corrected chi connectivity index (χ1v) is 4.21.